The minimum Gasteiger partial charge on any atom is -0.497 e. The molecule has 2 aromatic carbocycles. The van der Waals surface area contributed by atoms with E-state index < -0.39 is 5.97 Å². The van der Waals surface area contributed by atoms with Crippen LogP contribution in [0, 0.1) is 0 Å². The third-order valence-electron chi connectivity index (χ3n) is 5.14. The Balaban J connectivity index is 1.56. The zero-order valence-corrected chi connectivity index (χ0v) is 18.2. The number of nitrogens with zero attached hydrogens (tertiary/aromatic N) is 1. The topological polar surface area (TPSA) is 84.9 Å². The number of likely N-dealkylation sites (tertiary alicyclic amines) is 1. The molecule has 1 saturated heterocycles. The Labute approximate surface area is 188 Å². The zero-order chi connectivity index (χ0) is 22.8. The van der Waals surface area contributed by atoms with Gasteiger partial charge in [0.2, 0.25) is 5.91 Å². The van der Waals surface area contributed by atoms with Crippen molar-refractivity contribution in [1.82, 2.24) is 10.2 Å². The van der Waals surface area contributed by atoms with Crippen molar-refractivity contribution in [2.75, 3.05) is 33.4 Å². The minimum atomic E-state index is -0.586. The molecule has 0 aromatic heterocycles. The van der Waals surface area contributed by atoms with E-state index in [1.807, 2.05) is 59.5 Å². The summed E-state index contributed by atoms with van der Waals surface area (Å²) in [6, 6.07) is 16.5. The van der Waals surface area contributed by atoms with E-state index in [1.54, 1.807) is 13.2 Å². The summed E-state index contributed by atoms with van der Waals surface area (Å²) in [5.41, 5.74) is 1.82. The molecule has 1 aliphatic heterocycles. The van der Waals surface area contributed by atoms with E-state index in [9.17, 15) is 14.4 Å². The van der Waals surface area contributed by atoms with Gasteiger partial charge in [0.15, 0.2) is 6.61 Å². The summed E-state index contributed by atoms with van der Waals surface area (Å²) in [4.78, 5) is 38.3. The number of hydrogen-bond donors (Lipinski definition) is 1. The predicted molar refractivity (Wildman–Crippen MR) is 122 cm³/mol. The highest BCUT2D eigenvalue weighted by molar-refractivity contribution is 6.21. The number of methoxy groups -OCH3 is 1. The maximum absolute atomic E-state index is 12.8. The van der Waals surface area contributed by atoms with Crippen LogP contribution in [0.4, 0.5) is 0 Å². The van der Waals surface area contributed by atoms with Crippen molar-refractivity contribution < 1.29 is 23.9 Å². The highest BCUT2D eigenvalue weighted by atomic mass is 16.5. The predicted octanol–water partition coefficient (Wildman–Crippen LogP) is 2.91. The first-order valence-corrected chi connectivity index (χ1v) is 10.7. The van der Waals surface area contributed by atoms with Gasteiger partial charge in [-0.2, -0.15) is 0 Å². The first-order chi connectivity index (χ1) is 15.6. The number of hydrogen-bond acceptors (Lipinski definition) is 5. The second kappa shape index (κ2) is 11.7. The summed E-state index contributed by atoms with van der Waals surface area (Å²) in [5, 5.41) is 2.73. The summed E-state index contributed by atoms with van der Waals surface area (Å²) >= 11 is 0. The van der Waals surface area contributed by atoms with E-state index in [4.69, 9.17) is 9.47 Å². The van der Waals surface area contributed by atoms with Crippen LogP contribution >= 0.6 is 0 Å². The van der Waals surface area contributed by atoms with E-state index in [2.05, 4.69) is 5.32 Å². The van der Waals surface area contributed by atoms with Crippen molar-refractivity contribution in [2.45, 2.75) is 19.3 Å². The average molecular weight is 437 g/mol. The number of ether oxygens (including phenoxy) is 2. The second-order valence-corrected chi connectivity index (χ2v) is 7.46. The van der Waals surface area contributed by atoms with Gasteiger partial charge in [-0.25, -0.2) is 4.79 Å². The number of amides is 2. The van der Waals surface area contributed by atoms with Gasteiger partial charge >= 0.3 is 5.97 Å². The molecule has 3 rings (SSSR count). The van der Waals surface area contributed by atoms with Gasteiger partial charge in [-0.15, -0.1) is 0 Å². The fourth-order valence-electron chi connectivity index (χ4n) is 3.47. The van der Waals surface area contributed by atoms with Crippen LogP contribution in [0.2, 0.25) is 0 Å². The monoisotopic (exact) mass is 436 g/mol. The molecule has 7 heteroatoms. The highest BCUT2D eigenvalue weighted by Gasteiger charge is 2.19. The average Bonchev–Trinajstić information content (AvgIpc) is 3.24. The molecule has 0 radical (unpaired) electrons. The molecule has 0 spiro atoms. The number of carbonyl (C=O) groups excluding carboxylic acids is 3. The van der Waals surface area contributed by atoms with E-state index in [0.29, 0.717) is 42.8 Å². The van der Waals surface area contributed by atoms with Crippen molar-refractivity contribution in [3.8, 4) is 5.75 Å². The maximum Gasteiger partial charge on any atom is 0.339 e. The molecule has 2 amide bonds. The Bertz CT molecular complexity index is 971. The Morgan fingerprint density at radius 3 is 2.66 bits per heavy atom. The molecule has 2 aromatic rings. The largest absolute Gasteiger partial charge is 0.497 e. The molecule has 0 bridgehead atoms. The normalized spacial score (nSPS) is 13.7. The zero-order valence-electron chi connectivity index (χ0n) is 18.2. The van der Waals surface area contributed by atoms with Crippen molar-refractivity contribution in [2.24, 2.45) is 0 Å². The van der Waals surface area contributed by atoms with Gasteiger partial charge in [0.25, 0.3) is 5.91 Å². The molecule has 0 saturated carbocycles. The SMILES string of the molecule is COc1cccc(C=C(C(=O)OCC(=O)NCCCN2CCCC2=O)c2ccccc2)c1. The molecule has 168 valence electrons. The Hall–Kier alpha value is -3.61. The van der Waals surface area contributed by atoms with Gasteiger partial charge in [0, 0.05) is 26.1 Å². The standard InChI is InChI=1S/C25H28N2O5/c1-31-21-11-5-8-19(16-21)17-22(20-9-3-2-4-10-20)25(30)32-18-23(28)26-13-7-15-27-14-6-12-24(27)29/h2-5,8-11,16-17H,6-7,12-15,18H2,1H3,(H,26,28). The molecule has 1 N–H and O–H groups in total. The van der Waals surface area contributed by atoms with E-state index >= 15 is 0 Å². The number of rotatable bonds is 10. The summed E-state index contributed by atoms with van der Waals surface area (Å²) in [6.07, 6.45) is 3.88. The van der Waals surface area contributed by atoms with Crippen LogP contribution in [0.15, 0.2) is 54.6 Å². The van der Waals surface area contributed by atoms with Gasteiger partial charge in [0.05, 0.1) is 12.7 Å². The maximum atomic E-state index is 12.8. The van der Waals surface area contributed by atoms with E-state index in [-0.39, 0.29) is 18.4 Å². The molecule has 0 atom stereocenters. The minimum absolute atomic E-state index is 0.168. The number of esters is 1. The molecular formula is C25H28N2O5. The summed E-state index contributed by atoms with van der Waals surface area (Å²) in [5.74, 6) is -0.118. The molecule has 32 heavy (non-hydrogen) atoms. The first-order valence-electron chi connectivity index (χ1n) is 10.7. The first kappa shape index (κ1) is 23.1. The third kappa shape index (κ3) is 6.70. The molecule has 1 fully saturated rings. The molecule has 0 aliphatic carbocycles. The lowest BCUT2D eigenvalue weighted by Crippen LogP contribution is -2.33. The Morgan fingerprint density at radius 1 is 1.12 bits per heavy atom. The number of nitrogens with one attached hydrogen (secondary N) is 1. The molecule has 0 unspecified atom stereocenters. The van der Waals surface area contributed by atoms with Crippen LogP contribution in [0.25, 0.3) is 11.6 Å². The van der Waals surface area contributed by atoms with Gasteiger partial charge in [-0.1, -0.05) is 42.5 Å². The van der Waals surface area contributed by atoms with Gasteiger partial charge < -0.3 is 19.7 Å². The molecule has 1 aliphatic rings. The van der Waals surface area contributed by atoms with E-state index in [1.165, 1.54) is 0 Å². The van der Waals surface area contributed by atoms with Crippen molar-refractivity contribution in [3.05, 3.63) is 65.7 Å². The quantitative estimate of drug-likeness (QED) is 0.268. The van der Waals surface area contributed by atoms with Crippen LogP contribution in [-0.4, -0.2) is 56.0 Å². The molecule has 1 heterocycles. The lowest BCUT2D eigenvalue weighted by atomic mass is 10.0. The number of benzene rings is 2. The van der Waals surface area contributed by atoms with Crippen LogP contribution < -0.4 is 10.1 Å². The smallest absolute Gasteiger partial charge is 0.339 e. The third-order valence-corrected chi connectivity index (χ3v) is 5.14. The highest BCUT2D eigenvalue weighted by Crippen LogP contribution is 2.22. The van der Waals surface area contributed by atoms with E-state index in [0.717, 1.165) is 18.5 Å². The van der Waals surface area contributed by atoms with Crippen LogP contribution in [0.3, 0.4) is 0 Å². The van der Waals surface area contributed by atoms with Crippen molar-refractivity contribution in [1.29, 1.82) is 0 Å². The molecular weight excluding hydrogens is 408 g/mol. The lowest BCUT2D eigenvalue weighted by molar-refractivity contribution is -0.142. The van der Waals surface area contributed by atoms with Gasteiger partial charge in [-0.05, 0) is 42.2 Å². The summed E-state index contributed by atoms with van der Waals surface area (Å²) in [7, 11) is 1.58. The van der Waals surface area contributed by atoms with Crippen LogP contribution in [0.5, 0.6) is 5.75 Å². The van der Waals surface area contributed by atoms with Crippen molar-refractivity contribution >= 4 is 29.4 Å². The van der Waals surface area contributed by atoms with Gasteiger partial charge in [-0.3, -0.25) is 9.59 Å². The second-order valence-electron chi connectivity index (χ2n) is 7.46. The number of carbonyl (C=O) groups is 3. The lowest BCUT2D eigenvalue weighted by Gasteiger charge is -2.15. The molecule has 7 nitrogen and oxygen atoms in total. The Kier molecular flexibility index (Phi) is 8.43. The van der Waals surface area contributed by atoms with Crippen LogP contribution in [-0.2, 0) is 19.1 Å². The fraction of sp³-hybridized carbons (Fsp3) is 0.320. The summed E-state index contributed by atoms with van der Waals surface area (Å²) < 4.78 is 10.5. The fourth-order valence-corrected chi connectivity index (χ4v) is 3.47. The van der Waals surface area contributed by atoms with Gasteiger partial charge in [0.1, 0.15) is 5.75 Å². The summed E-state index contributed by atoms with van der Waals surface area (Å²) in [6.45, 7) is 1.46. The Morgan fingerprint density at radius 2 is 1.94 bits per heavy atom. The van der Waals surface area contributed by atoms with Crippen LogP contribution in [0.1, 0.15) is 30.4 Å². The van der Waals surface area contributed by atoms with Crippen molar-refractivity contribution in [3.63, 3.8) is 0 Å².